The zero-order chi connectivity index (χ0) is 16.7. The van der Waals surface area contributed by atoms with E-state index in [1.165, 1.54) is 12.7 Å². The summed E-state index contributed by atoms with van der Waals surface area (Å²) in [5.74, 6) is 0.528. The normalized spacial score (nSPS) is 11.2. The van der Waals surface area contributed by atoms with Crippen molar-refractivity contribution in [1.29, 1.82) is 0 Å². The predicted octanol–water partition coefficient (Wildman–Crippen LogP) is 4.05. The van der Waals surface area contributed by atoms with Crippen LogP contribution in [0, 0.1) is 0 Å². The molecule has 0 saturated heterocycles. The molecule has 0 amide bonds. The smallest absolute Gasteiger partial charge is 0.339 e. The molecule has 0 aliphatic carbocycles. The van der Waals surface area contributed by atoms with Gasteiger partial charge in [0.25, 0.3) is 0 Å². The van der Waals surface area contributed by atoms with E-state index in [2.05, 4.69) is 12.1 Å². The van der Waals surface area contributed by atoms with Gasteiger partial charge in [-0.3, -0.25) is 0 Å². The van der Waals surface area contributed by atoms with Crippen LogP contribution in [0.2, 0.25) is 0 Å². The summed E-state index contributed by atoms with van der Waals surface area (Å²) in [6.07, 6.45) is 1.80. The SMILES string of the molecule is COC(=O)C(=CN(C)C)c1ccccc1SCc1ccccc1. The quantitative estimate of drug-likeness (QED) is 0.455. The zero-order valence-corrected chi connectivity index (χ0v) is 14.5. The van der Waals surface area contributed by atoms with E-state index in [0.717, 1.165) is 16.2 Å². The predicted molar refractivity (Wildman–Crippen MR) is 96.1 cm³/mol. The van der Waals surface area contributed by atoms with E-state index in [1.807, 2.05) is 61.5 Å². The maximum atomic E-state index is 12.1. The van der Waals surface area contributed by atoms with E-state index in [9.17, 15) is 4.79 Å². The summed E-state index contributed by atoms with van der Waals surface area (Å²) in [7, 11) is 5.19. The molecule has 120 valence electrons. The number of hydrogen-bond donors (Lipinski definition) is 0. The molecule has 3 nitrogen and oxygen atoms in total. The van der Waals surface area contributed by atoms with Gasteiger partial charge in [0.1, 0.15) is 0 Å². The van der Waals surface area contributed by atoms with Gasteiger partial charge in [-0.15, -0.1) is 11.8 Å². The molecule has 23 heavy (non-hydrogen) atoms. The number of ether oxygens (including phenoxy) is 1. The second-order valence-electron chi connectivity index (χ2n) is 5.27. The molecule has 2 aromatic rings. The molecular formula is C19H21NO2S. The Morgan fingerprint density at radius 3 is 2.39 bits per heavy atom. The van der Waals surface area contributed by atoms with Crippen molar-refractivity contribution in [2.24, 2.45) is 0 Å². The van der Waals surface area contributed by atoms with Gasteiger partial charge in [-0.2, -0.15) is 0 Å². The maximum Gasteiger partial charge on any atom is 0.339 e. The van der Waals surface area contributed by atoms with Crippen molar-refractivity contribution >= 4 is 23.3 Å². The highest BCUT2D eigenvalue weighted by Gasteiger charge is 2.16. The lowest BCUT2D eigenvalue weighted by molar-refractivity contribution is -0.133. The van der Waals surface area contributed by atoms with Crippen LogP contribution in [0.3, 0.4) is 0 Å². The van der Waals surface area contributed by atoms with E-state index < -0.39 is 0 Å². The summed E-state index contributed by atoms with van der Waals surface area (Å²) < 4.78 is 4.94. The Labute approximate surface area is 142 Å². The average Bonchev–Trinajstić information content (AvgIpc) is 2.58. The van der Waals surface area contributed by atoms with Crippen molar-refractivity contribution in [2.75, 3.05) is 21.2 Å². The second-order valence-corrected chi connectivity index (χ2v) is 6.29. The van der Waals surface area contributed by atoms with Crippen LogP contribution in [0.5, 0.6) is 0 Å². The molecule has 0 atom stereocenters. The summed E-state index contributed by atoms with van der Waals surface area (Å²) >= 11 is 1.72. The van der Waals surface area contributed by atoms with Crippen LogP contribution >= 0.6 is 11.8 Å². The summed E-state index contributed by atoms with van der Waals surface area (Å²) in [4.78, 5) is 15.1. The monoisotopic (exact) mass is 327 g/mol. The minimum absolute atomic E-state index is 0.327. The molecular weight excluding hydrogens is 306 g/mol. The molecule has 0 aliphatic heterocycles. The Kier molecular flexibility index (Phi) is 6.29. The summed E-state index contributed by atoms with van der Waals surface area (Å²) in [5.41, 5.74) is 2.71. The molecule has 2 rings (SSSR count). The van der Waals surface area contributed by atoms with Gasteiger partial charge in [0.15, 0.2) is 0 Å². The molecule has 0 heterocycles. The van der Waals surface area contributed by atoms with Crippen molar-refractivity contribution < 1.29 is 9.53 Å². The van der Waals surface area contributed by atoms with Gasteiger partial charge in [-0.05, 0) is 11.6 Å². The molecule has 2 aromatic carbocycles. The first-order valence-electron chi connectivity index (χ1n) is 7.34. The molecule has 0 aliphatic rings. The Morgan fingerprint density at radius 2 is 1.74 bits per heavy atom. The molecule has 0 fully saturated rings. The zero-order valence-electron chi connectivity index (χ0n) is 13.7. The van der Waals surface area contributed by atoms with E-state index >= 15 is 0 Å². The van der Waals surface area contributed by atoms with Gasteiger partial charge < -0.3 is 9.64 Å². The fraction of sp³-hybridized carbons (Fsp3) is 0.211. The Hall–Kier alpha value is -2.20. The third-order valence-corrected chi connectivity index (χ3v) is 4.35. The van der Waals surface area contributed by atoms with E-state index in [0.29, 0.717) is 5.57 Å². The second kappa shape index (κ2) is 8.44. The third-order valence-electron chi connectivity index (χ3n) is 3.21. The summed E-state index contributed by atoms with van der Waals surface area (Å²) in [6, 6.07) is 18.2. The first kappa shape index (κ1) is 17.2. The fourth-order valence-electron chi connectivity index (χ4n) is 2.15. The molecule has 0 N–H and O–H groups in total. The molecule has 4 heteroatoms. The molecule has 0 bridgehead atoms. The molecule has 0 aromatic heterocycles. The number of hydrogen-bond acceptors (Lipinski definition) is 4. The highest BCUT2D eigenvalue weighted by atomic mass is 32.2. The van der Waals surface area contributed by atoms with E-state index in [1.54, 1.807) is 18.0 Å². The largest absolute Gasteiger partial charge is 0.465 e. The first-order chi connectivity index (χ1) is 11.1. The highest BCUT2D eigenvalue weighted by molar-refractivity contribution is 7.98. The summed E-state index contributed by atoms with van der Waals surface area (Å²) in [5, 5.41) is 0. The number of methoxy groups -OCH3 is 1. The van der Waals surface area contributed by atoms with Crippen molar-refractivity contribution in [1.82, 2.24) is 4.90 Å². The molecule has 0 radical (unpaired) electrons. The summed E-state index contributed by atoms with van der Waals surface area (Å²) in [6.45, 7) is 0. The number of rotatable bonds is 6. The number of carbonyl (C=O) groups is 1. The Bertz CT molecular complexity index is 681. The first-order valence-corrected chi connectivity index (χ1v) is 8.33. The number of esters is 1. The Morgan fingerprint density at radius 1 is 1.09 bits per heavy atom. The van der Waals surface area contributed by atoms with E-state index in [4.69, 9.17) is 4.74 Å². The van der Waals surface area contributed by atoms with Crippen molar-refractivity contribution in [3.8, 4) is 0 Å². The van der Waals surface area contributed by atoms with Gasteiger partial charge >= 0.3 is 5.97 Å². The number of nitrogens with zero attached hydrogens (tertiary/aromatic N) is 1. The Balaban J connectivity index is 2.30. The average molecular weight is 327 g/mol. The molecule has 0 unspecified atom stereocenters. The van der Waals surface area contributed by atoms with E-state index in [-0.39, 0.29) is 5.97 Å². The number of benzene rings is 2. The van der Waals surface area contributed by atoms with Crippen molar-refractivity contribution in [3.63, 3.8) is 0 Å². The van der Waals surface area contributed by atoms with Crippen LogP contribution in [-0.4, -0.2) is 32.1 Å². The van der Waals surface area contributed by atoms with Crippen LogP contribution in [-0.2, 0) is 15.3 Å². The van der Waals surface area contributed by atoms with Crippen LogP contribution in [0.15, 0.2) is 65.7 Å². The fourth-order valence-corrected chi connectivity index (χ4v) is 3.17. The van der Waals surface area contributed by atoms with Crippen LogP contribution < -0.4 is 0 Å². The van der Waals surface area contributed by atoms with Gasteiger partial charge in [0.2, 0.25) is 0 Å². The maximum absolute atomic E-state index is 12.1. The van der Waals surface area contributed by atoms with Crippen molar-refractivity contribution in [2.45, 2.75) is 10.6 Å². The minimum atomic E-state index is -0.327. The molecule has 0 saturated carbocycles. The lowest BCUT2D eigenvalue weighted by Gasteiger charge is -2.14. The van der Waals surface area contributed by atoms with Gasteiger partial charge in [0.05, 0.1) is 12.7 Å². The van der Waals surface area contributed by atoms with Crippen LogP contribution in [0.25, 0.3) is 5.57 Å². The van der Waals surface area contributed by atoms with Gasteiger partial charge in [0, 0.05) is 36.5 Å². The van der Waals surface area contributed by atoms with Gasteiger partial charge in [-0.1, -0.05) is 48.5 Å². The third kappa shape index (κ3) is 4.89. The molecule has 0 spiro atoms. The van der Waals surface area contributed by atoms with Gasteiger partial charge in [-0.25, -0.2) is 4.79 Å². The lowest BCUT2D eigenvalue weighted by Crippen LogP contribution is -2.10. The highest BCUT2D eigenvalue weighted by Crippen LogP contribution is 2.31. The number of carbonyl (C=O) groups excluding carboxylic acids is 1. The van der Waals surface area contributed by atoms with Crippen molar-refractivity contribution in [3.05, 3.63) is 71.9 Å². The lowest BCUT2D eigenvalue weighted by atomic mass is 10.1. The van der Waals surface area contributed by atoms with Crippen LogP contribution in [0.1, 0.15) is 11.1 Å². The number of thioether (sulfide) groups is 1. The minimum Gasteiger partial charge on any atom is -0.465 e. The standard InChI is InChI=1S/C19H21NO2S/c1-20(2)13-17(19(21)22-3)16-11-7-8-12-18(16)23-14-15-9-5-4-6-10-15/h4-13H,14H2,1-3H3. The van der Waals surface area contributed by atoms with Crippen LogP contribution in [0.4, 0.5) is 0 Å². The topological polar surface area (TPSA) is 29.5 Å².